The number of unbranched alkanes of at least 4 members (excludes halogenated alkanes) is 1. The smallest absolute Gasteiger partial charge is 0.343 e. The molecule has 0 spiro atoms. The van der Waals surface area contributed by atoms with E-state index in [9.17, 15) is 17.8 Å². The molecule has 0 radical (unpaired) electrons. The van der Waals surface area contributed by atoms with Crippen LogP contribution in [0.3, 0.4) is 0 Å². The summed E-state index contributed by atoms with van der Waals surface area (Å²) in [6.07, 6.45) is 5.35. The lowest BCUT2D eigenvalue weighted by Gasteiger charge is -2.15. The summed E-state index contributed by atoms with van der Waals surface area (Å²) in [6, 6.07) is 13.8. The second-order valence-electron chi connectivity index (χ2n) is 10.2. The molecule has 2 aliphatic rings. The molecule has 0 saturated heterocycles. The number of nitrogens with zero attached hydrogens (tertiary/aromatic N) is 1. The van der Waals surface area contributed by atoms with Gasteiger partial charge in [0.25, 0.3) is 0 Å². The molecule has 8 heteroatoms. The van der Waals surface area contributed by atoms with E-state index in [0.29, 0.717) is 37.1 Å². The Kier molecular flexibility index (Phi) is 7.10. The first-order valence-corrected chi connectivity index (χ1v) is 14.4. The summed E-state index contributed by atoms with van der Waals surface area (Å²) >= 11 is 0. The standard InChI is InChI=1S/C30H30N2O5S/c1-30(2)25-10-3-4-11-26(25)32(15-7-8-16-38(34,35)36)28(30)13-12-22-17-23-18-24-20-31-14-6-5-9-21(24)19-27(23)37-29(22)33/h3-4,10-13,17-19,31H,6-8,14-16,20H2,1-2H3/b13-12+. The minimum Gasteiger partial charge on any atom is -0.748 e. The lowest BCUT2D eigenvalue weighted by molar-refractivity contribution is -0.438. The zero-order valence-corrected chi connectivity index (χ0v) is 22.4. The molecule has 0 saturated carbocycles. The molecule has 38 heavy (non-hydrogen) atoms. The molecule has 0 atom stereocenters. The van der Waals surface area contributed by atoms with E-state index in [-0.39, 0.29) is 11.2 Å². The van der Waals surface area contributed by atoms with Crippen molar-refractivity contribution in [1.29, 1.82) is 0 Å². The second kappa shape index (κ2) is 10.3. The molecule has 7 nitrogen and oxygen atoms in total. The summed E-state index contributed by atoms with van der Waals surface area (Å²) in [6.45, 7) is 6.35. The fraction of sp³-hybridized carbons (Fsp3) is 0.333. The number of para-hydroxylation sites is 1. The largest absolute Gasteiger partial charge is 0.748 e. The molecule has 0 amide bonds. The van der Waals surface area contributed by atoms with Crippen LogP contribution in [0.2, 0.25) is 0 Å². The van der Waals surface area contributed by atoms with Crippen molar-refractivity contribution in [3.8, 4) is 11.8 Å². The monoisotopic (exact) mass is 530 g/mol. The van der Waals surface area contributed by atoms with Gasteiger partial charge in [0.05, 0.1) is 21.1 Å². The van der Waals surface area contributed by atoms with Crippen LogP contribution >= 0.6 is 0 Å². The Morgan fingerprint density at radius 3 is 2.79 bits per heavy atom. The molecule has 5 rings (SSSR count). The van der Waals surface area contributed by atoms with Gasteiger partial charge in [-0.1, -0.05) is 30.0 Å². The van der Waals surface area contributed by atoms with E-state index in [2.05, 4.69) is 41.6 Å². The summed E-state index contributed by atoms with van der Waals surface area (Å²) in [7, 11) is -4.24. The quantitative estimate of drug-likeness (QED) is 0.163. The fourth-order valence-electron chi connectivity index (χ4n) is 5.24. The van der Waals surface area contributed by atoms with Crippen LogP contribution in [-0.2, 0) is 22.1 Å². The highest BCUT2D eigenvalue weighted by atomic mass is 32.2. The first-order valence-electron chi connectivity index (χ1n) is 12.8. The van der Waals surface area contributed by atoms with Crippen molar-refractivity contribution in [2.24, 2.45) is 0 Å². The third-order valence-electron chi connectivity index (χ3n) is 7.20. The number of allylic oxidation sites excluding steroid dienone is 1. The molecule has 1 N–H and O–H groups in total. The summed E-state index contributed by atoms with van der Waals surface area (Å²) < 4.78 is 41.0. The summed E-state index contributed by atoms with van der Waals surface area (Å²) in [4.78, 5) is 12.9. The molecule has 2 aromatic carbocycles. The third kappa shape index (κ3) is 5.37. The molecular weight excluding hydrogens is 500 g/mol. The molecule has 0 bridgehead atoms. The molecule has 196 valence electrons. The van der Waals surface area contributed by atoms with Gasteiger partial charge in [0.2, 0.25) is 5.69 Å². The van der Waals surface area contributed by atoms with Gasteiger partial charge in [0.1, 0.15) is 12.1 Å². The Hall–Kier alpha value is -3.51. The number of hydrogen-bond acceptors (Lipinski definition) is 6. The van der Waals surface area contributed by atoms with Gasteiger partial charge in [-0.15, -0.1) is 0 Å². The minimum absolute atomic E-state index is 0.291. The number of nitrogens with one attached hydrogen (secondary N) is 1. The first kappa shape index (κ1) is 26.1. The lowest BCUT2D eigenvalue weighted by Crippen LogP contribution is -2.28. The maximum absolute atomic E-state index is 12.9. The van der Waals surface area contributed by atoms with Gasteiger partial charge in [-0.2, -0.15) is 4.58 Å². The van der Waals surface area contributed by atoms with Gasteiger partial charge in [-0.3, -0.25) is 0 Å². The second-order valence-corrected chi connectivity index (χ2v) is 11.8. The van der Waals surface area contributed by atoms with E-state index in [4.69, 9.17) is 4.42 Å². The van der Waals surface area contributed by atoms with Crippen LogP contribution < -0.4 is 10.9 Å². The average molecular weight is 531 g/mol. The molecule has 0 unspecified atom stereocenters. The van der Waals surface area contributed by atoms with Crippen LogP contribution in [0.4, 0.5) is 5.69 Å². The van der Waals surface area contributed by atoms with Crippen molar-refractivity contribution >= 4 is 38.6 Å². The average Bonchev–Trinajstić information content (AvgIpc) is 3.06. The summed E-state index contributed by atoms with van der Waals surface area (Å²) in [5.74, 6) is 5.94. The van der Waals surface area contributed by atoms with Gasteiger partial charge >= 0.3 is 5.63 Å². The zero-order chi connectivity index (χ0) is 26.9. The SMILES string of the molecule is CC1(C)C(/C=C/c2cc3cc4c(cc3oc2=O)C#CCCNC4)=[N+](CCCCS(=O)(=O)[O-])c2ccccc21. The van der Waals surface area contributed by atoms with Crippen LogP contribution in [0.5, 0.6) is 0 Å². The van der Waals surface area contributed by atoms with Crippen LogP contribution in [-0.4, -0.2) is 42.1 Å². The Labute approximate surface area is 222 Å². The first-order chi connectivity index (χ1) is 18.1. The fourth-order valence-corrected chi connectivity index (χ4v) is 5.80. The Morgan fingerprint density at radius 1 is 1.16 bits per heavy atom. The highest BCUT2D eigenvalue weighted by Crippen LogP contribution is 2.40. The number of benzene rings is 2. The van der Waals surface area contributed by atoms with E-state index in [1.807, 2.05) is 42.5 Å². The zero-order valence-electron chi connectivity index (χ0n) is 21.5. The van der Waals surface area contributed by atoms with Gasteiger partial charge in [-0.05, 0) is 50.1 Å². The molecule has 3 aromatic rings. The van der Waals surface area contributed by atoms with E-state index in [1.54, 1.807) is 6.08 Å². The molecule has 3 heterocycles. The number of rotatable bonds is 7. The van der Waals surface area contributed by atoms with E-state index < -0.39 is 15.7 Å². The molecule has 2 aliphatic heterocycles. The normalized spacial score (nSPS) is 16.6. The topological polar surface area (TPSA) is 102 Å². The van der Waals surface area contributed by atoms with Crippen molar-refractivity contribution in [1.82, 2.24) is 5.32 Å². The van der Waals surface area contributed by atoms with Crippen molar-refractivity contribution in [3.63, 3.8) is 0 Å². The Morgan fingerprint density at radius 2 is 1.97 bits per heavy atom. The highest BCUT2D eigenvalue weighted by Gasteiger charge is 2.43. The molecule has 0 aliphatic carbocycles. The summed E-state index contributed by atoms with van der Waals surface area (Å²) in [5, 5.41) is 4.21. The number of fused-ring (bicyclic) bond motifs is 3. The van der Waals surface area contributed by atoms with Gasteiger partial charge in [-0.25, -0.2) is 13.2 Å². The highest BCUT2D eigenvalue weighted by molar-refractivity contribution is 7.85. The van der Waals surface area contributed by atoms with Gasteiger partial charge in [0, 0.05) is 60.3 Å². The van der Waals surface area contributed by atoms with Crippen LogP contribution in [0.1, 0.15) is 55.4 Å². The van der Waals surface area contributed by atoms with E-state index >= 15 is 0 Å². The minimum atomic E-state index is -4.24. The van der Waals surface area contributed by atoms with Crippen molar-refractivity contribution in [2.45, 2.75) is 45.1 Å². The maximum atomic E-state index is 12.9. The maximum Gasteiger partial charge on any atom is 0.343 e. The molecule has 0 fully saturated rings. The third-order valence-corrected chi connectivity index (χ3v) is 7.99. The lowest BCUT2D eigenvalue weighted by atomic mass is 9.81. The van der Waals surface area contributed by atoms with E-state index in [1.165, 1.54) is 0 Å². The predicted octanol–water partition coefficient (Wildman–Crippen LogP) is 4.05. The van der Waals surface area contributed by atoms with Gasteiger partial charge < -0.3 is 14.3 Å². The van der Waals surface area contributed by atoms with Crippen molar-refractivity contribution < 1.29 is 22.0 Å². The van der Waals surface area contributed by atoms with Crippen LogP contribution in [0, 0.1) is 11.8 Å². The molecular formula is C30H30N2O5S. The Bertz CT molecular complexity index is 1700. The van der Waals surface area contributed by atoms with Crippen LogP contribution in [0.25, 0.3) is 17.0 Å². The summed E-state index contributed by atoms with van der Waals surface area (Å²) in [5.41, 5.74) is 5.31. The van der Waals surface area contributed by atoms with Gasteiger partial charge in [0.15, 0.2) is 5.71 Å². The molecule has 1 aromatic heterocycles. The Balaban J connectivity index is 1.51. The van der Waals surface area contributed by atoms with E-state index in [0.717, 1.165) is 46.4 Å². The van der Waals surface area contributed by atoms with Crippen molar-refractivity contribution in [3.05, 3.63) is 81.2 Å². The predicted molar refractivity (Wildman–Crippen MR) is 148 cm³/mol. The van der Waals surface area contributed by atoms with Crippen LogP contribution in [0.15, 0.2) is 57.8 Å². The number of hydrogen-bond donors (Lipinski definition) is 1. The van der Waals surface area contributed by atoms with Crippen molar-refractivity contribution in [2.75, 3.05) is 18.8 Å².